The average molecular weight is 296 g/mol. The molecule has 2 heterocycles. The Kier molecular flexibility index (Phi) is 4.45. The van der Waals surface area contributed by atoms with Gasteiger partial charge in [0, 0.05) is 38.3 Å². The monoisotopic (exact) mass is 296 g/mol. The molecule has 0 aliphatic carbocycles. The Balaban J connectivity index is 1.78. The van der Waals surface area contributed by atoms with Crippen LogP contribution < -0.4 is 19.5 Å². The molecule has 2 aliphatic rings. The maximum Gasteiger partial charge on any atom is 0.210 e. The number of nitrogens with zero attached hydrogens (tertiary/aromatic N) is 1. The predicted octanol–water partition coefficient (Wildman–Crippen LogP) is 1.05. The molecule has 116 valence electrons. The molecule has 0 unspecified atom stereocenters. The average Bonchev–Trinajstić information content (AvgIpc) is 2.54. The molecule has 0 saturated carbocycles. The van der Waals surface area contributed by atoms with Gasteiger partial charge in [0.15, 0.2) is 11.5 Å². The first-order valence-corrected chi connectivity index (χ1v) is 7.37. The van der Waals surface area contributed by atoms with Crippen LogP contribution in [0.2, 0.25) is 0 Å². The number of hydrogen-bond acceptors (Lipinski definition) is 5. The fourth-order valence-electron chi connectivity index (χ4n) is 2.80. The van der Waals surface area contributed by atoms with Crippen LogP contribution in [-0.2, 0) is 6.42 Å². The highest BCUT2D eigenvalue weighted by Gasteiger charge is 2.24. The lowest BCUT2D eigenvalue weighted by Gasteiger charge is -2.27. The van der Waals surface area contributed by atoms with E-state index in [1.165, 1.54) is 7.11 Å². The molecule has 3 rings (SSSR count). The van der Waals surface area contributed by atoms with Gasteiger partial charge < -0.3 is 24.4 Å². The highest BCUT2D eigenvalue weighted by molar-refractivity contribution is 5.53. The molecule has 1 aromatic rings. The van der Waals surface area contributed by atoms with Crippen molar-refractivity contribution in [2.75, 3.05) is 53.0 Å². The smallest absolute Gasteiger partial charge is 0.210 e. The summed E-state index contributed by atoms with van der Waals surface area (Å²) < 4.78 is 30.5. The lowest BCUT2D eigenvalue weighted by Crippen LogP contribution is -2.44. The highest BCUT2D eigenvalue weighted by Crippen LogP contribution is 2.40. The van der Waals surface area contributed by atoms with Crippen LogP contribution in [0, 0.1) is 5.82 Å². The fourth-order valence-corrected chi connectivity index (χ4v) is 2.80. The number of fused-ring (bicyclic) bond motifs is 1. The molecule has 0 amide bonds. The van der Waals surface area contributed by atoms with Gasteiger partial charge in [-0.25, -0.2) is 0 Å². The SMILES string of the molecule is COc1c(CCN2CCNCC2)cc2c(c1F)OCCO2. The topological polar surface area (TPSA) is 43.0 Å². The second-order valence-corrected chi connectivity index (χ2v) is 5.25. The van der Waals surface area contributed by atoms with E-state index < -0.39 is 5.82 Å². The van der Waals surface area contributed by atoms with E-state index in [-0.39, 0.29) is 11.5 Å². The van der Waals surface area contributed by atoms with Gasteiger partial charge >= 0.3 is 0 Å². The Morgan fingerprint density at radius 2 is 2.05 bits per heavy atom. The van der Waals surface area contributed by atoms with Gasteiger partial charge in [-0.2, -0.15) is 4.39 Å². The number of halogens is 1. The first-order valence-electron chi connectivity index (χ1n) is 7.37. The Hall–Kier alpha value is -1.53. The predicted molar refractivity (Wildman–Crippen MR) is 77.0 cm³/mol. The van der Waals surface area contributed by atoms with E-state index in [2.05, 4.69) is 10.2 Å². The van der Waals surface area contributed by atoms with Crippen LogP contribution in [0.25, 0.3) is 0 Å². The Bertz CT molecular complexity index is 504. The van der Waals surface area contributed by atoms with Crippen molar-refractivity contribution in [1.29, 1.82) is 0 Å². The molecule has 2 aliphatic heterocycles. The van der Waals surface area contributed by atoms with E-state index >= 15 is 0 Å². The lowest BCUT2D eigenvalue weighted by atomic mass is 10.1. The third-order valence-electron chi connectivity index (χ3n) is 3.92. The standard InChI is InChI=1S/C15H21FN2O3/c1-19-14-11(2-5-18-6-3-17-4-7-18)10-12-15(13(14)16)21-9-8-20-12/h10,17H,2-9H2,1H3. The first kappa shape index (κ1) is 14.4. The zero-order chi connectivity index (χ0) is 14.7. The molecule has 1 saturated heterocycles. The number of benzene rings is 1. The minimum absolute atomic E-state index is 0.170. The van der Waals surface area contributed by atoms with Crippen LogP contribution in [0.3, 0.4) is 0 Å². The summed E-state index contributed by atoms with van der Waals surface area (Å²) in [4.78, 5) is 2.37. The van der Waals surface area contributed by atoms with Gasteiger partial charge in [-0.15, -0.1) is 0 Å². The van der Waals surface area contributed by atoms with Crippen molar-refractivity contribution in [2.45, 2.75) is 6.42 Å². The number of piperazine rings is 1. The molecular formula is C15H21FN2O3. The van der Waals surface area contributed by atoms with Crippen molar-refractivity contribution in [3.8, 4) is 17.2 Å². The highest BCUT2D eigenvalue weighted by atomic mass is 19.1. The number of rotatable bonds is 4. The minimum atomic E-state index is -0.454. The Labute approximate surface area is 124 Å². The minimum Gasteiger partial charge on any atom is -0.493 e. The van der Waals surface area contributed by atoms with Crippen LogP contribution in [0.15, 0.2) is 6.07 Å². The lowest BCUT2D eigenvalue weighted by molar-refractivity contribution is 0.162. The van der Waals surface area contributed by atoms with Crippen molar-refractivity contribution in [2.24, 2.45) is 0 Å². The van der Waals surface area contributed by atoms with E-state index in [1.807, 2.05) is 6.07 Å². The normalized spacial score (nSPS) is 18.6. The number of methoxy groups -OCH3 is 1. The molecule has 1 fully saturated rings. The van der Waals surface area contributed by atoms with Crippen LogP contribution >= 0.6 is 0 Å². The van der Waals surface area contributed by atoms with Crippen LogP contribution in [-0.4, -0.2) is 57.9 Å². The summed E-state index contributed by atoms with van der Waals surface area (Å²) in [5, 5.41) is 3.32. The third kappa shape index (κ3) is 3.06. The summed E-state index contributed by atoms with van der Waals surface area (Å²) in [5.41, 5.74) is 0.831. The molecule has 6 heteroatoms. The summed E-state index contributed by atoms with van der Waals surface area (Å²) in [6.45, 7) is 5.77. The van der Waals surface area contributed by atoms with Gasteiger partial charge in [0.1, 0.15) is 13.2 Å². The summed E-state index contributed by atoms with van der Waals surface area (Å²) >= 11 is 0. The summed E-state index contributed by atoms with van der Waals surface area (Å²) in [7, 11) is 1.49. The van der Waals surface area contributed by atoms with Crippen molar-refractivity contribution >= 4 is 0 Å². The molecule has 21 heavy (non-hydrogen) atoms. The van der Waals surface area contributed by atoms with Crippen molar-refractivity contribution in [1.82, 2.24) is 10.2 Å². The Morgan fingerprint density at radius 3 is 2.81 bits per heavy atom. The second kappa shape index (κ2) is 6.49. The molecular weight excluding hydrogens is 275 g/mol. The number of nitrogens with one attached hydrogen (secondary N) is 1. The molecule has 0 radical (unpaired) electrons. The molecule has 0 spiro atoms. The molecule has 1 aromatic carbocycles. The van der Waals surface area contributed by atoms with Gasteiger partial charge in [0.2, 0.25) is 11.6 Å². The summed E-state index contributed by atoms with van der Waals surface area (Å²) in [6, 6.07) is 1.85. The Morgan fingerprint density at radius 1 is 1.29 bits per heavy atom. The molecule has 5 nitrogen and oxygen atoms in total. The van der Waals surface area contributed by atoms with Crippen molar-refractivity contribution in [3.63, 3.8) is 0 Å². The van der Waals surface area contributed by atoms with Crippen LogP contribution in [0.4, 0.5) is 4.39 Å². The van der Waals surface area contributed by atoms with Crippen molar-refractivity contribution < 1.29 is 18.6 Å². The molecule has 0 aromatic heterocycles. The van der Waals surface area contributed by atoms with Crippen LogP contribution in [0.5, 0.6) is 17.2 Å². The van der Waals surface area contributed by atoms with Gasteiger partial charge in [-0.05, 0) is 12.5 Å². The fraction of sp³-hybridized carbons (Fsp3) is 0.600. The van der Waals surface area contributed by atoms with Crippen molar-refractivity contribution in [3.05, 3.63) is 17.4 Å². The zero-order valence-electron chi connectivity index (χ0n) is 12.3. The number of ether oxygens (including phenoxy) is 3. The van der Waals surface area contributed by atoms with Gasteiger partial charge in [-0.1, -0.05) is 0 Å². The molecule has 0 bridgehead atoms. The zero-order valence-corrected chi connectivity index (χ0v) is 12.3. The molecule has 1 N–H and O–H groups in total. The summed E-state index contributed by atoms with van der Waals surface area (Å²) in [6.07, 6.45) is 0.733. The summed E-state index contributed by atoms with van der Waals surface area (Å²) in [5.74, 6) is 0.471. The number of hydrogen-bond donors (Lipinski definition) is 1. The van der Waals surface area contributed by atoms with E-state index in [1.54, 1.807) is 0 Å². The third-order valence-corrected chi connectivity index (χ3v) is 3.92. The first-order chi connectivity index (χ1) is 10.3. The van der Waals surface area contributed by atoms with Crippen LogP contribution in [0.1, 0.15) is 5.56 Å². The van der Waals surface area contributed by atoms with Gasteiger partial charge in [0.25, 0.3) is 0 Å². The van der Waals surface area contributed by atoms with E-state index in [9.17, 15) is 4.39 Å². The molecule has 0 atom stereocenters. The van der Waals surface area contributed by atoms with Gasteiger partial charge in [-0.3, -0.25) is 0 Å². The largest absolute Gasteiger partial charge is 0.493 e. The maximum atomic E-state index is 14.4. The van der Waals surface area contributed by atoms with E-state index in [4.69, 9.17) is 14.2 Å². The van der Waals surface area contributed by atoms with Gasteiger partial charge in [0.05, 0.1) is 7.11 Å². The second-order valence-electron chi connectivity index (χ2n) is 5.25. The maximum absolute atomic E-state index is 14.4. The quantitative estimate of drug-likeness (QED) is 0.900. The van der Waals surface area contributed by atoms with E-state index in [0.717, 1.165) is 44.7 Å². The van der Waals surface area contributed by atoms with E-state index in [0.29, 0.717) is 19.0 Å².